The Morgan fingerprint density at radius 3 is 3.00 bits per heavy atom. The van der Waals surface area contributed by atoms with Crippen molar-refractivity contribution in [3.8, 4) is 0 Å². The molecule has 1 heterocycles. The summed E-state index contributed by atoms with van der Waals surface area (Å²) < 4.78 is 14.5. The number of rotatable bonds is 8. The molecule has 0 spiro atoms. The third kappa shape index (κ3) is 6.29. The number of benzene rings is 1. The number of anilines is 1. The molecule has 1 aromatic carbocycles. The lowest BCUT2D eigenvalue weighted by atomic mass is 10.2. The average Bonchev–Trinajstić information content (AvgIpc) is 2.94. The maximum atomic E-state index is 13.6. The Hall–Kier alpha value is -0.830. The largest absolute Gasteiger partial charge is 0.300 e. The Bertz CT molecular complexity index is 668. The van der Waals surface area contributed by atoms with Crippen LogP contribution in [0.1, 0.15) is 18.9 Å². The van der Waals surface area contributed by atoms with Crippen molar-refractivity contribution in [1.82, 2.24) is 10.2 Å². The number of hydrogen-bond donors (Lipinski definition) is 1. The minimum Gasteiger partial charge on any atom is -0.300 e. The molecule has 9 heteroatoms. The molecule has 0 aliphatic heterocycles. The van der Waals surface area contributed by atoms with Gasteiger partial charge in [0.05, 0.1) is 5.75 Å². The van der Waals surface area contributed by atoms with E-state index in [1.807, 2.05) is 0 Å². The van der Waals surface area contributed by atoms with Gasteiger partial charge in [0.1, 0.15) is 5.82 Å². The van der Waals surface area contributed by atoms with Crippen LogP contribution in [0, 0.1) is 5.82 Å². The number of nitrogens with zero attached hydrogens (tertiary/aromatic N) is 2. The van der Waals surface area contributed by atoms with Gasteiger partial charge in [0.25, 0.3) is 0 Å². The number of halogens is 2. The average molecular weight is 392 g/mol. The fourth-order valence-corrected chi connectivity index (χ4v) is 4.22. The molecule has 0 bridgehead atoms. The van der Waals surface area contributed by atoms with Crippen LogP contribution in [0.25, 0.3) is 0 Å². The molecule has 1 aromatic heterocycles. The number of thioether (sulfide) groups is 2. The molecular formula is C14H15ClFN3OS3. The van der Waals surface area contributed by atoms with Gasteiger partial charge in [0, 0.05) is 16.5 Å². The Kier molecular flexibility index (Phi) is 7.61. The molecule has 4 nitrogen and oxygen atoms in total. The van der Waals surface area contributed by atoms with Gasteiger partial charge in [-0.1, -0.05) is 47.7 Å². The molecule has 0 saturated carbocycles. The summed E-state index contributed by atoms with van der Waals surface area (Å²) in [6, 6.07) is 4.54. The molecule has 0 saturated heterocycles. The van der Waals surface area contributed by atoms with Crippen molar-refractivity contribution in [3.63, 3.8) is 0 Å². The third-order valence-corrected chi connectivity index (χ3v) is 5.98. The second-order valence-electron chi connectivity index (χ2n) is 4.50. The van der Waals surface area contributed by atoms with E-state index in [-0.39, 0.29) is 17.5 Å². The van der Waals surface area contributed by atoms with Crippen LogP contribution in [-0.4, -0.2) is 27.6 Å². The highest BCUT2D eigenvalue weighted by Crippen LogP contribution is 2.26. The Balaban J connectivity index is 1.75. The second-order valence-corrected chi connectivity index (χ2v) is 8.24. The van der Waals surface area contributed by atoms with Crippen LogP contribution in [0.3, 0.4) is 0 Å². The first kappa shape index (κ1) is 18.5. The smallest absolute Gasteiger partial charge is 0.236 e. The van der Waals surface area contributed by atoms with Crippen molar-refractivity contribution < 1.29 is 9.18 Å². The van der Waals surface area contributed by atoms with E-state index >= 15 is 0 Å². The second kappa shape index (κ2) is 9.46. The van der Waals surface area contributed by atoms with Crippen molar-refractivity contribution in [2.45, 2.75) is 23.4 Å². The highest BCUT2D eigenvalue weighted by atomic mass is 35.5. The molecular weight excluding hydrogens is 377 g/mol. The number of aromatic nitrogens is 2. The molecule has 124 valence electrons. The van der Waals surface area contributed by atoms with Crippen molar-refractivity contribution in [3.05, 3.63) is 34.6 Å². The van der Waals surface area contributed by atoms with Gasteiger partial charge in [-0.15, -0.1) is 22.0 Å². The molecule has 0 aliphatic rings. The highest BCUT2D eigenvalue weighted by molar-refractivity contribution is 8.01. The van der Waals surface area contributed by atoms with Crippen LogP contribution in [0.15, 0.2) is 22.5 Å². The lowest BCUT2D eigenvalue weighted by Crippen LogP contribution is -2.14. The Labute approximate surface area is 151 Å². The van der Waals surface area contributed by atoms with Crippen molar-refractivity contribution in [2.24, 2.45) is 0 Å². The molecule has 0 aliphatic carbocycles. The number of carbonyl (C=O) groups excluding carboxylic acids is 1. The standard InChI is InChI=1S/C14H15ClFN3OS3/c1-2-5-22-14-19-18-13(23-14)17-12(20)8-21-7-9-3-4-10(15)6-11(9)16/h3-4,6H,2,5,7-8H2,1H3,(H,17,18,20). The van der Waals surface area contributed by atoms with Gasteiger partial charge in [-0.2, -0.15) is 0 Å². The topological polar surface area (TPSA) is 54.9 Å². The van der Waals surface area contributed by atoms with Crippen LogP contribution in [0.5, 0.6) is 0 Å². The predicted octanol–water partition coefficient (Wildman–Crippen LogP) is 4.70. The monoisotopic (exact) mass is 391 g/mol. The SMILES string of the molecule is CCCSc1nnc(NC(=O)CSCc2ccc(Cl)cc2F)s1. The number of amides is 1. The molecule has 23 heavy (non-hydrogen) atoms. The molecule has 1 amide bonds. The Morgan fingerprint density at radius 2 is 2.26 bits per heavy atom. The first-order valence-electron chi connectivity index (χ1n) is 6.86. The molecule has 0 fully saturated rings. The van der Waals surface area contributed by atoms with Crippen LogP contribution in [-0.2, 0) is 10.5 Å². The summed E-state index contributed by atoms with van der Waals surface area (Å²) in [6.07, 6.45) is 1.06. The van der Waals surface area contributed by atoms with Gasteiger partial charge in [0.2, 0.25) is 11.0 Å². The minimum absolute atomic E-state index is 0.174. The number of nitrogens with one attached hydrogen (secondary N) is 1. The normalized spacial score (nSPS) is 10.7. The number of carbonyl (C=O) groups is 1. The molecule has 0 unspecified atom stereocenters. The maximum absolute atomic E-state index is 13.6. The first-order valence-corrected chi connectivity index (χ1v) is 10.2. The maximum Gasteiger partial charge on any atom is 0.236 e. The zero-order valence-electron chi connectivity index (χ0n) is 12.3. The van der Waals surface area contributed by atoms with E-state index in [2.05, 4.69) is 22.4 Å². The lowest BCUT2D eigenvalue weighted by molar-refractivity contribution is -0.113. The van der Waals surface area contributed by atoms with E-state index < -0.39 is 0 Å². The van der Waals surface area contributed by atoms with Gasteiger partial charge in [-0.25, -0.2) is 4.39 Å². The van der Waals surface area contributed by atoms with Crippen molar-refractivity contribution >= 4 is 57.5 Å². The summed E-state index contributed by atoms with van der Waals surface area (Å²) in [4.78, 5) is 11.9. The van der Waals surface area contributed by atoms with Crippen LogP contribution in [0.4, 0.5) is 9.52 Å². The van der Waals surface area contributed by atoms with E-state index in [9.17, 15) is 9.18 Å². The van der Waals surface area contributed by atoms with Crippen molar-refractivity contribution in [1.29, 1.82) is 0 Å². The molecule has 2 rings (SSSR count). The molecule has 0 atom stereocenters. The van der Waals surface area contributed by atoms with E-state index in [0.29, 0.717) is 21.5 Å². The van der Waals surface area contributed by atoms with E-state index in [0.717, 1.165) is 16.5 Å². The zero-order chi connectivity index (χ0) is 16.7. The van der Waals surface area contributed by atoms with E-state index in [1.54, 1.807) is 23.9 Å². The summed E-state index contributed by atoms with van der Waals surface area (Å²) in [5, 5.41) is 11.5. The summed E-state index contributed by atoms with van der Waals surface area (Å²) in [6.45, 7) is 2.09. The summed E-state index contributed by atoms with van der Waals surface area (Å²) in [7, 11) is 0. The van der Waals surface area contributed by atoms with Crippen molar-refractivity contribution in [2.75, 3.05) is 16.8 Å². The molecule has 1 N–H and O–H groups in total. The van der Waals surface area contributed by atoms with E-state index in [4.69, 9.17) is 11.6 Å². The summed E-state index contributed by atoms with van der Waals surface area (Å²) in [5.74, 6) is 1.08. The minimum atomic E-state index is -0.355. The van der Waals surface area contributed by atoms with Crippen LogP contribution in [0.2, 0.25) is 5.02 Å². The van der Waals surface area contributed by atoms with Gasteiger partial charge >= 0.3 is 0 Å². The summed E-state index contributed by atoms with van der Waals surface area (Å²) >= 11 is 10.0. The molecule has 2 aromatic rings. The van der Waals surface area contributed by atoms with Crippen LogP contribution >= 0.6 is 46.5 Å². The zero-order valence-corrected chi connectivity index (χ0v) is 15.5. The van der Waals surface area contributed by atoms with Gasteiger partial charge in [-0.3, -0.25) is 10.1 Å². The Morgan fingerprint density at radius 1 is 1.43 bits per heavy atom. The predicted molar refractivity (Wildman–Crippen MR) is 97.1 cm³/mol. The fraction of sp³-hybridized carbons (Fsp3) is 0.357. The quantitative estimate of drug-likeness (QED) is 0.522. The van der Waals surface area contributed by atoms with Gasteiger partial charge < -0.3 is 0 Å². The lowest BCUT2D eigenvalue weighted by Gasteiger charge is -2.04. The van der Waals surface area contributed by atoms with Crippen LogP contribution < -0.4 is 5.32 Å². The molecule has 0 radical (unpaired) electrons. The fourth-order valence-electron chi connectivity index (χ4n) is 1.56. The third-order valence-electron chi connectivity index (χ3n) is 2.59. The summed E-state index contributed by atoms with van der Waals surface area (Å²) in [5.41, 5.74) is 0.529. The first-order chi connectivity index (χ1) is 11.1. The highest BCUT2D eigenvalue weighted by Gasteiger charge is 2.09. The van der Waals surface area contributed by atoms with Gasteiger partial charge in [-0.05, 0) is 24.1 Å². The van der Waals surface area contributed by atoms with E-state index in [1.165, 1.54) is 29.2 Å². The van der Waals surface area contributed by atoms with Gasteiger partial charge in [0.15, 0.2) is 4.34 Å². The number of hydrogen-bond acceptors (Lipinski definition) is 6.